The molecule has 37 heavy (non-hydrogen) atoms. The smallest absolute Gasteiger partial charge is 0.338 e. The minimum atomic E-state index is -0.507. The topological polar surface area (TPSA) is 80.7 Å². The van der Waals surface area contributed by atoms with E-state index in [4.69, 9.17) is 19.2 Å². The predicted octanol–water partition coefficient (Wildman–Crippen LogP) is 4.87. The van der Waals surface area contributed by atoms with E-state index in [1.165, 1.54) is 18.9 Å². The molecule has 0 bridgehead atoms. The van der Waals surface area contributed by atoms with Crippen LogP contribution < -0.4 is 4.74 Å². The first-order chi connectivity index (χ1) is 18.1. The van der Waals surface area contributed by atoms with Crippen LogP contribution >= 0.6 is 11.8 Å². The average molecular weight is 520 g/mol. The van der Waals surface area contributed by atoms with E-state index in [1.54, 1.807) is 0 Å². The van der Waals surface area contributed by atoms with Gasteiger partial charge in [0.1, 0.15) is 11.5 Å². The molecule has 0 aliphatic carbocycles. The number of thioether (sulfide) groups is 1. The maximum Gasteiger partial charge on any atom is 0.338 e. The van der Waals surface area contributed by atoms with Crippen molar-refractivity contribution in [1.29, 1.82) is 0 Å². The van der Waals surface area contributed by atoms with Crippen molar-refractivity contribution in [3.8, 4) is 11.5 Å². The van der Waals surface area contributed by atoms with Crippen LogP contribution in [0.5, 0.6) is 11.5 Å². The van der Waals surface area contributed by atoms with Gasteiger partial charge in [-0.25, -0.2) is 9.79 Å². The molecule has 0 saturated carbocycles. The fourth-order valence-electron chi connectivity index (χ4n) is 4.68. The van der Waals surface area contributed by atoms with Crippen LogP contribution in [0.2, 0.25) is 0 Å². The van der Waals surface area contributed by atoms with E-state index >= 15 is 0 Å². The van der Waals surface area contributed by atoms with Crippen molar-refractivity contribution in [2.75, 3.05) is 33.4 Å². The highest BCUT2D eigenvalue weighted by atomic mass is 32.2. The van der Waals surface area contributed by atoms with Crippen LogP contribution in [0, 0.1) is 0 Å². The molecule has 1 saturated heterocycles. The van der Waals surface area contributed by atoms with Gasteiger partial charge < -0.3 is 24.0 Å². The molecule has 9 heteroatoms. The number of hydrogen-bond acceptors (Lipinski definition) is 8. The molecule has 3 aliphatic rings. The second-order valence-electron chi connectivity index (χ2n) is 8.76. The van der Waals surface area contributed by atoms with Crippen molar-refractivity contribution < 1.29 is 23.8 Å². The minimum absolute atomic E-state index is 0.0289. The van der Waals surface area contributed by atoms with E-state index in [-0.39, 0.29) is 12.3 Å². The molecule has 5 rings (SSSR count). The highest BCUT2D eigenvalue weighted by Gasteiger charge is 2.42. The van der Waals surface area contributed by atoms with Gasteiger partial charge in [0.2, 0.25) is 5.91 Å². The van der Waals surface area contributed by atoms with Gasteiger partial charge in [0.25, 0.3) is 0 Å². The van der Waals surface area contributed by atoms with Crippen molar-refractivity contribution >= 4 is 28.8 Å². The third kappa shape index (κ3) is 5.28. The summed E-state index contributed by atoms with van der Waals surface area (Å²) in [6.45, 7) is 4.22. The number of fused-ring (bicyclic) bond motifs is 1. The minimum Gasteiger partial charge on any atom is -0.466 e. The number of esters is 1. The molecule has 0 radical (unpaired) electrons. The number of aliphatic imine (C=N–C) groups is 1. The van der Waals surface area contributed by atoms with Gasteiger partial charge in [0, 0.05) is 18.8 Å². The van der Waals surface area contributed by atoms with Crippen LogP contribution in [0.3, 0.4) is 0 Å². The Kier molecular flexibility index (Phi) is 7.62. The van der Waals surface area contributed by atoms with Gasteiger partial charge in [0.05, 0.1) is 44.1 Å². The molecule has 2 aromatic carbocycles. The lowest BCUT2D eigenvalue weighted by atomic mass is 9.92. The fourth-order valence-corrected chi connectivity index (χ4v) is 5.62. The number of carbonyl (C=O) groups is 2. The number of carbonyl (C=O) groups excluding carboxylic acids is 2. The van der Waals surface area contributed by atoms with Crippen LogP contribution in [-0.2, 0) is 19.1 Å². The second-order valence-corrected chi connectivity index (χ2v) is 9.59. The maximum absolute atomic E-state index is 13.2. The second kappa shape index (κ2) is 11.2. The SMILES string of the molecule is CCC1=C(C(=O)OC)[C@H](c2cccc(Oc3ccccc3)c2)N2C(CC(=O)N3CCOCC3)=CSC2=N1. The third-order valence-electron chi connectivity index (χ3n) is 6.48. The van der Waals surface area contributed by atoms with E-state index in [1.807, 2.05) is 76.7 Å². The molecule has 1 fully saturated rings. The Hall–Kier alpha value is -3.56. The molecular formula is C28H29N3O5S. The molecule has 192 valence electrons. The lowest BCUT2D eigenvalue weighted by molar-refractivity contribution is -0.136. The Morgan fingerprint density at radius 1 is 1.08 bits per heavy atom. The first kappa shape index (κ1) is 25.1. The molecule has 2 aromatic rings. The summed E-state index contributed by atoms with van der Waals surface area (Å²) in [5, 5.41) is 2.70. The van der Waals surface area contributed by atoms with Crippen molar-refractivity contribution in [2.24, 2.45) is 4.99 Å². The van der Waals surface area contributed by atoms with Gasteiger partial charge in [-0.1, -0.05) is 49.0 Å². The number of benzene rings is 2. The Bertz CT molecular complexity index is 1270. The van der Waals surface area contributed by atoms with Crippen molar-refractivity contribution in [3.05, 3.63) is 82.5 Å². The quantitative estimate of drug-likeness (QED) is 0.483. The number of nitrogens with zero attached hydrogens (tertiary/aromatic N) is 3. The summed E-state index contributed by atoms with van der Waals surface area (Å²) >= 11 is 1.47. The maximum atomic E-state index is 13.2. The van der Waals surface area contributed by atoms with Gasteiger partial charge in [-0.15, -0.1) is 0 Å². The molecule has 0 unspecified atom stereocenters. The summed E-state index contributed by atoms with van der Waals surface area (Å²) in [5.74, 6) is 0.963. The Morgan fingerprint density at radius 3 is 2.57 bits per heavy atom. The molecule has 0 N–H and O–H groups in total. The van der Waals surface area contributed by atoms with Gasteiger partial charge in [-0.3, -0.25) is 4.79 Å². The lowest BCUT2D eigenvalue weighted by Crippen LogP contribution is -2.42. The van der Waals surface area contributed by atoms with Gasteiger partial charge in [0.15, 0.2) is 5.17 Å². The molecule has 3 aliphatic heterocycles. The van der Waals surface area contributed by atoms with Crippen LogP contribution in [0.25, 0.3) is 0 Å². The van der Waals surface area contributed by atoms with Gasteiger partial charge in [-0.2, -0.15) is 0 Å². The summed E-state index contributed by atoms with van der Waals surface area (Å²) in [6.07, 6.45) is 0.777. The van der Waals surface area contributed by atoms with Crippen LogP contribution in [-0.4, -0.2) is 60.3 Å². The number of methoxy groups -OCH3 is 1. The van der Waals surface area contributed by atoms with E-state index in [2.05, 4.69) is 0 Å². The van der Waals surface area contributed by atoms with E-state index in [0.29, 0.717) is 49.7 Å². The summed E-state index contributed by atoms with van der Waals surface area (Å²) in [4.78, 5) is 34.9. The Labute approximate surface area is 220 Å². The van der Waals surface area contributed by atoms with Crippen LogP contribution in [0.15, 0.2) is 82.0 Å². The third-order valence-corrected chi connectivity index (χ3v) is 7.37. The normalized spacial score (nSPS) is 19.2. The van der Waals surface area contributed by atoms with Crippen molar-refractivity contribution in [3.63, 3.8) is 0 Å². The molecule has 8 nitrogen and oxygen atoms in total. The lowest BCUT2D eigenvalue weighted by Gasteiger charge is -2.37. The Morgan fingerprint density at radius 2 is 1.84 bits per heavy atom. The molecule has 0 spiro atoms. The molecule has 3 heterocycles. The van der Waals surface area contributed by atoms with Crippen LogP contribution in [0.1, 0.15) is 31.4 Å². The zero-order valence-corrected chi connectivity index (χ0v) is 21.7. The largest absolute Gasteiger partial charge is 0.466 e. The van der Waals surface area contributed by atoms with Crippen molar-refractivity contribution in [1.82, 2.24) is 9.80 Å². The summed E-state index contributed by atoms with van der Waals surface area (Å²) < 4.78 is 16.7. The van der Waals surface area contributed by atoms with Gasteiger partial charge in [-0.05, 0) is 41.7 Å². The molecule has 0 aromatic heterocycles. The Balaban J connectivity index is 1.51. The highest BCUT2D eigenvalue weighted by molar-refractivity contribution is 8.16. The van der Waals surface area contributed by atoms with Crippen molar-refractivity contribution in [2.45, 2.75) is 25.8 Å². The number of allylic oxidation sites excluding steroid dienone is 1. The number of ether oxygens (including phenoxy) is 3. The first-order valence-corrected chi connectivity index (χ1v) is 13.2. The number of amides is 1. The standard InChI is InChI=1S/C28H29N3O5S/c1-3-23-25(27(33)34-2)26(19-8-7-11-22(16-19)36-21-9-5-4-6-10-21)31-20(18-37-28(31)29-23)17-24(32)30-12-14-35-15-13-30/h4-11,16,18,26H,3,12-15,17H2,1-2H3/t26-/m0/s1. The van der Waals surface area contributed by atoms with Crippen LogP contribution in [0.4, 0.5) is 0 Å². The van der Waals surface area contributed by atoms with E-state index in [9.17, 15) is 9.59 Å². The average Bonchev–Trinajstić information content (AvgIpc) is 3.34. The first-order valence-electron chi connectivity index (χ1n) is 12.3. The molecule has 1 amide bonds. The summed E-state index contributed by atoms with van der Waals surface area (Å²) in [5.41, 5.74) is 2.80. The number of morpholine rings is 1. The summed E-state index contributed by atoms with van der Waals surface area (Å²) in [6, 6.07) is 16.7. The van der Waals surface area contributed by atoms with E-state index in [0.717, 1.165) is 22.2 Å². The van der Waals surface area contributed by atoms with Gasteiger partial charge >= 0.3 is 5.97 Å². The summed E-state index contributed by atoms with van der Waals surface area (Å²) in [7, 11) is 1.38. The number of hydrogen-bond donors (Lipinski definition) is 0. The zero-order chi connectivity index (χ0) is 25.8. The molecule has 1 atom stereocenters. The highest BCUT2D eigenvalue weighted by Crippen LogP contribution is 2.46. The molecular weight excluding hydrogens is 490 g/mol. The van der Waals surface area contributed by atoms with E-state index < -0.39 is 12.0 Å². The number of amidine groups is 1. The zero-order valence-electron chi connectivity index (χ0n) is 20.9. The fraction of sp³-hybridized carbons (Fsp3) is 0.321. The predicted molar refractivity (Wildman–Crippen MR) is 142 cm³/mol. The number of para-hydroxylation sites is 1. The monoisotopic (exact) mass is 519 g/mol. The number of rotatable bonds is 7.